The average molecular weight is 484 g/mol. The first kappa shape index (κ1) is 23.7. The van der Waals surface area contributed by atoms with Crippen molar-refractivity contribution in [1.29, 1.82) is 0 Å². The van der Waals surface area contributed by atoms with Crippen LogP contribution >= 0.6 is 22.9 Å². The summed E-state index contributed by atoms with van der Waals surface area (Å²) in [5.74, 6) is -0.626. The van der Waals surface area contributed by atoms with Gasteiger partial charge in [-0.1, -0.05) is 22.9 Å². The molecule has 168 valence electrons. The van der Waals surface area contributed by atoms with Crippen molar-refractivity contribution in [1.82, 2.24) is 10.2 Å². The zero-order valence-electron chi connectivity index (χ0n) is 17.1. The smallest absolute Gasteiger partial charge is 0.421 e. The molecule has 32 heavy (non-hydrogen) atoms. The molecule has 0 saturated heterocycles. The molecule has 0 fully saturated rings. The molecule has 3 aromatic rings. The molecule has 0 aliphatic carbocycles. The van der Waals surface area contributed by atoms with E-state index in [2.05, 4.69) is 10.2 Å². The normalized spacial score (nSPS) is 11.8. The maximum absolute atomic E-state index is 13.1. The monoisotopic (exact) mass is 483 g/mol. The molecular formula is C21H17ClF3N3O3S. The number of halogens is 4. The quantitative estimate of drug-likeness (QED) is 0.395. The third-order valence-corrected chi connectivity index (χ3v) is 5.04. The predicted molar refractivity (Wildman–Crippen MR) is 115 cm³/mol. The second-order valence-electron chi connectivity index (χ2n) is 7.61. The third-order valence-electron chi connectivity index (χ3n) is 4.04. The first-order chi connectivity index (χ1) is 14.9. The number of amides is 1. The summed E-state index contributed by atoms with van der Waals surface area (Å²) in [6.45, 7) is 5.14. The van der Waals surface area contributed by atoms with Crippen LogP contribution in [-0.2, 0) is 10.9 Å². The number of hydrogen-bond donors (Lipinski definition) is 0. The van der Waals surface area contributed by atoms with Gasteiger partial charge in [0.15, 0.2) is 5.78 Å². The molecule has 0 bridgehead atoms. The van der Waals surface area contributed by atoms with Gasteiger partial charge in [-0.25, -0.2) is 9.69 Å². The molecule has 0 saturated carbocycles. The first-order valence-corrected chi connectivity index (χ1v) is 10.4. The molecule has 0 aliphatic rings. The van der Waals surface area contributed by atoms with Gasteiger partial charge in [0.2, 0.25) is 5.13 Å². The summed E-state index contributed by atoms with van der Waals surface area (Å²) in [6.07, 6.45) is -5.38. The van der Waals surface area contributed by atoms with Gasteiger partial charge in [0.25, 0.3) is 0 Å². The van der Waals surface area contributed by atoms with Crippen LogP contribution in [0.1, 0.15) is 42.3 Å². The molecule has 1 heterocycles. The number of anilines is 2. The van der Waals surface area contributed by atoms with Gasteiger partial charge in [0.1, 0.15) is 11.1 Å². The van der Waals surface area contributed by atoms with E-state index in [0.29, 0.717) is 11.8 Å². The number of ketones is 1. The second kappa shape index (κ2) is 8.87. The van der Waals surface area contributed by atoms with Crippen LogP contribution in [0.5, 0.6) is 0 Å². The van der Waals surface area contributed by atoms with E-state index >= 15 is 0 Å². The van der Waals surface area contributed by atoms with Gasteiger partial charge >= 0.3 is 12.3 Å². The highest BCUT2D eigenvalue weighted by molar-refractivity contribution is 7.13. The van der Waals surface area contributed by atoms with Crippen molar-refractivity contribution in [2.45, 2.75) is 32.5 Å². The van der Waals surface area contributed by atoms with Gasteiger partial charge in [-0.05, 0) is 63.2 Å². The molecule has 2 aromatic carbocycles. The zero-order chi connectivity index (χ0) is 23.7. The van der Waals surface area contributed by atoms with Crippen LogP contribution in [0.2, 0.25) is 5.02 Å². The molecule has 3 rings (SSSR count). The lowest BCUT2D eigenvalue weighted by atomic mass is 10.0. The number of alkyl halides is 3. The third kappa shape index (κ3) is 5.43. The van der Waals surface area contributed by atoms with Crippen LogP contribution in [-0.4, -0.2) is 27.7 Å². The van der Waals surface area contributed by atoms with E-state index in [9.17, 15) is 22.8 Å². The van der Waals surface area contributed by atoms with Gasteiger partial charge in [-0.2, -0.15) is 13.2 Å². The maximum atomic E-state index is 13.1. The van der Waals surface area contributed by atoms with Crippen LogP contribution in [0.25, 0.3) is 0 Å². The fourth-order valence-electron chi connectivity index (χ4n) is 2.68. The van der Waals surface area contributed by atoms with Crippen molar-refractivity contribution < 1.29 is 27.5 Å². The fourth-order valence-corrected chi connectivity index (χ4v) is 3.47. The first-order valence-electron chi connectivity index (χ1n) is 9.17. The largest absolute Gasteiger partial charge is 0.443 e. The molecule has 11 heteroatoms. The number of ether oxygens (including phenoxy) is 1. The Kier molecular flexibility index (Phi) is 6.56. The van der Waals surface area contributed by atoms with E-state index in [1.165, 1.54) is 40.7 Å². The molecule has 0 unspecified atom stereocenters. The van der Waals surface area contributed by atoms with Crippen molar-refractivity contribution in [2.24, 2.45) is 0 Å². The Morgan fingerprint density at radius 1 is 1.03 bits per heavy atom. The van der Waals surface area contributed by atoms with Crippen LogP contribution < -0.4 is 4.90 Å². The van der Waals surface area contributed by atoms with Crippen molar-refractivity contribution in [3.63, 3.8) is 0 Å². The highest BCUT2D eigenvalue weighted by Gasteiger charge is 2.34. The Balaban J connectivity index is 1.92. The van der Waals surface area contributed by atoms with Crippen LogP contribution in [0, 0.1) is 0 Å². The molecule has 0 aliphatic heterocycles. The van der Waals surface area contributed by atoms with Crippen molar-refractivity contribution >= 4 is 45.6 Å². The number of rotatable bonds is 4. The number of aromatic nitrogens is 2. The van der Waals surface area contributed by atoms with Crippen LogP contribution in [0.15, 0.2) is 48.0 Å². The highest BCUT2D eigenvalue weighted by Crippen LogP contribution is 2.36. The topological polar surface area (TPSA) is 72.4 Å². The van der Waals surface area contributed by atoms with Crippen molar-refractivity contribution in [2.75, 3.05) is 4.90 Å². The standard InChI is InChI=1S/C21H17ClF3N3O3S/c1-20(2,3)31-19(30)28(18-27-26-11-32-18)14-7-4-12(5-8-14)17(29)13-6-9-16(22)15(10-13)21(23,24)25/h4-11H,1-3H3. The SMILES string of the molecule is CC(C)(C)OC(=O)N(c1ccc(C(=O)c2ccc(Cl)c(C(F)(F)F)c2)cc1)c1nncs1. The molecular weight excluding hydrogens is 467 g/mol. The van der Waals surface area contributed by atoms with Crippen LogP contribution in [0.3, 0.4) is 0 Å². The van der Waals surface area contributed by atoms with E-state index in [4.69, 9.17) is 16.3 Å². The van der Waals surface area contributed by atoms with E-state index in [-0.39, 0.29) is 16.3 Å². The molecule has 1 amide bonds. The summed E-state index contributed by atoms with van der Waals surface area (Å²) < 4.78 is 44.7. The number of hydrogen-bond acceptors (Lipinski definition) is 6. The lowest BCUT2D eigenvalue weighted by molar-refractivity contribution is -0.137. The van der Waals surface area contributed by atoms with E-state index in [0.717, 1.165) is 17.4 Å². The molecule has 0 atom stereocenters. The summed E-state index contributed by atoms with van der Waals surface area (Å²) in [5.41, 5.74) is -0.0915. The number of carbonyl (C=O) groups excluding carboxylic acids is 2. The van der Waals surface area contributed by atoms with Gasteiger partial charge < -0.3 is 4.74 Å². The maximum Gasteiger partial charge on any atom is 0.421 e. The summed E-state index contributed by atoms with van der Waals surface area (Å²) >= 11 is 6.73. The Labute approximate surface area is 190 Å². The minimum atomic E-state index is -4.69. The summed E-state index contributed by atoms with van der Waals surface area (Å²) in [4.78, 5) is 26.6. The minimum absolute atomic E-state index is 0.130. The van der Waals surface area contributed by atoms with E-state index < -0.39 is 34.2 Å². The van der Waals surface area contributed by atoms with Crippen molar-refractivity contribution in [3.05, 3.63) is 69.7 Å². The van der Waals surface area contributed by atoms with Crippen LogP contribution in [0.4, 0.5) is 28.8 Å². The Morgan fingerprint density at radius 3 is 2.19 bits per heavy atom. The van der Waals surface area contributed by atoms with Gasteiger partial charge in [-0.15, -0.1) is 10.2 Å². The van der Waals surface area contributed by atoms with Gasteiger partial charge in [0.05, 0.1) is 16.3 Å². The number of carbonyl (C=O) groups is 2. The summed E-state index contributed by atoms with van der Waals surface area (Å²) in [6, 6.07) is 8.72. The Bertz CT molecular complexity index is 1130. The number of nitrogens with zero attached hydrogens (tertiary/aromatic N) is 3. The lowest BCUT2D eigenvalue weighted by Gasteiger charge is -2.25. The molecule has 6 nitrogen and oxygen atoms in total. The van der Waals surface area contributed by atoms with Gasteiger partial charge in [-0.3, -0.25) is 4.79 Å². The molecule has 0 N–H and O–H groups in total. The minimum Gasteiger partial charge on any atom is -0.443 e. The van der Waals surface area contributed by atoms with Gasteiger partial charge in [0, 0.05) is 11.1 Å². The predicted octanol–water partition coefficient (Wildman–Crippen LogP) is 6.51. The second-order valence-corrected chi connectivity index (χ2v) is 8.82. The Hall–Kier alpha value is -2.98. The lowest BCUT2D eigenvalue weighted by Crippen LogP contribution is -2.33. The summed E-state index contributed by atoms with van der Waals surface area (Å²) in [7, 11) is 0. The average Bonchev–Trinajstić information content (AvgIpc) is 3.20. The van der Waals surface area contributed by atoms with E-state index in [1.54, 1.807) is 20.8 Å². The fraction of sp³-hybridized carbons (Fsp3) is 0.238. The van der Waals surface area contributed by atoms with Crippen molar-refractivity contribution in [3.8, 4) is 0 Å². The molecule has 0 radical (unpaired) electrons. The zero-order valence-corrected chi connectivity index (χ0v) is 18.7. The molecule has 0 spiro atoms. The highest BCUT2D eigenvalue weighted by atomic mass is 35.5. The number of benzene rings is 2. The Morgan fingerprint density at radius 2 is 1.66 bits per heavy atom. The van der Waals surface area contributed by atoms with E-state index in [1.807, 2.05) is 0 Å². The summed E-state index contributed by atoms with van der Waals surface area (Å²) in [5, 5.41) is 7.39. The molecule has 1 aromatic heterocycles.